The van der Waals surface area contributed by atoms with Crippen LogP contribution in [0.25, 0.3) is 0 Å². The number of halogens is 1. The van der Waals surface area contributed by atoms with Gasteiger partial charge in [-0.1, -0.05) is 24.3 Å². The van der Waals surface area contributed by atoms with E-state index < -0.39 is 5.54 Å². The third-order valence-electron chi connectivity index (χ3n) is 6.34. The monoisotopic (exact) mass is 494 g/mol. The van der Waals surface area contributed by atoms with E-state index in [1.165, 1.54) is 17.0 Å². The number of thiophene rings is 1. The molecule has 0 fully saturated rings. The van der Waals surface area contributed by atoms with Gasteiger partial charge >= 0.3 is 0 Å². The molecule has 0 aliphatic carbocycles. The van der Waals surface area contributed by atoms with Crippen molar-refractivity contribution in [1.29, 1.82) is 0 Å². The third-order valence-corrected chi connectivity index (χ3v) is 7.34. The first-order valence-corrected chi connectivity index (χ1v) is 12.6. The Bertz CT molecular complexity index is 1220. The minimum atomic E-state index is -0.550. The van der Waals surface area contributed by atoms with Gasteiger partial charge in [0, 0.05) is 28.6 Å². The molecule has 1 aliphatic heterocycles. The number of aryl methyl sites for hydroxylation is 1. The number of hydrogen-bond acceptors (Lipinski definition) is 4. The van der Waals surface area contributed by atoms with Crippen molar-refractivity contribution in [3.05, 3.63) is 87.4 Å². The maximum absolute atomic E-state index is 13.7. The largest absolute Gasteiger partial charge is 0.491 e. The Balaban J connectivity index is 1.57. The Labute approximate surface area is 210 Å². The van der Waals surface area contributed by atoms with E-state index in [0.29, 0.717) is 17.9 Å². The van der Waals surface area contributed by atoms with Gasteiger partial charge in [-0.05, 0) is 74.9 Å². The van der Waals surface area contributed by atoms with E-state index in [0.717, 1.165) is 17.5 Å². The van der Waals surface area contributed by atoms with E-state index in [2.05, 4.69) is 0 Å². The molecule has 5 nitrogen and oxygen atoms in total. The van der Waals surface area contributed by atoms with E-state index in [4.69, 9.17) is 4.74 Å². The van der Waals surface area contributed by atoms with Gasteiger partial charge in [-0.15, -0.1) is 11.3 Å². The first-order chi connectivity index (χ1) is 16.6. The lowest BCUT2D eigenvalue weighted by Gasteiger charge is -2.40. The molecular weight excluding hydrogens is 463 g/mol. The summed E-state index contributed by atoms with van der Waals surface area (Å²) in [6.07, 6.45) is 0.760. The molecular formula is C28H31FN2O3S. The van der Waals surface area contributed by atoms with Crippen molar-refractivity contribution in [3.63, 3.8) is 0 Å². The summed E-state index contributed by atoms with van der Waals surface area (Å²) >= 11 is 1.67. The van der Waals surface area contributed by atoms with E-state index in [9.17, 15) is 14.0 Å². The fourth-order valence-corrected chi connectivity index (χ4v) is 5.33. The van der Waals surface area contributed by atoms with Crippen LogP contribution < -0.4 is 4.74 Å². The molecule has 0 spiro atoms. The van der Waals surface area contributed by atoms with Crippen LogP contribution in [0.15, 0.2) is 60.0 Å². The Morgan fingerprint density at radius 3 is 2.63 bits per heavy atom. The lowest BCUT2D eigenvalue weighted by Crippen LogP contribution is -2.53. The minimum Gasteiger partial charge on any atom is -0.491 e. The molecule has 3 aromatic rings. The Morgan fingerprint density at radius 2 is 1.91 bits per heavy atom. The number of rotatable bonds is 6. The molecule has 0 radical (unpaired) electrons. The molecule has 184 valence electrons. The van der Waals surface area contributed by atoms with E-state index in [1.54, 1.807) is 39.3 Å². The van der Waals surface area contributed by atoms with Gasteiger partial charge in [-0.2, -0.15) is 0 Å². The predicted molar refractivity (Wildman–Crippen MR) is 136 cm³/mol. The normalized spacial score (nSPS) is 15.5. The summed E-state index contributed by atoms with van der Waals surface area (Å²) in [5.74, 6) is -0.243. The molecule has 0 unspecified atom stereocenters. The third kappa shape index (κ3) is 5.56. The highest BCUT2D eigenvalue weighted by Crippen LogP contribution is 2.34. The molecule has 1 aromatic heterocycles. The summed E-state index contributed by atoms with van der Waals surface area (Å²) in [5.41, 5.74) is 1.98. The zero-order valence-corrected chi connectivity index (χ0v) is 21.4. The fraction of sp³-hybridized carbons (Fsp3) is 0.357. The maximum atomic E-state index is 13.7. The van der Waals surface area contributed by atoms with Gasteiger partial charge < -0.3 is 14.5 Å². The summed E-state index contributed by atoms with van der Waals surface area (Å²) in [7, 11) is 0. The fourth-order valence-electron chi connectivity index (χ4n) is 4.40. The highest BCUT2D eigenvalue weighted by atomic mass is 32.1. The average molecular weight is 495 g/mol. The number of amides is 2. The van der Waals surface area contributed by atoms with Crippen LogP contribution >= 0.6 is 11.3 Å². The number of carbonyl (C=O) groups excluding carboxylic acids is 2. The second kappa shape index (κ2) is 10.2. The summed E-state index contributed by atoms with van der Waals surface area (Å²) < 4.78 is 19.6. The first-order valence-electron chi connectivity index (χ1n) is 11.8. The van der Waals surface area contributed by atoms with Crippen LogP contribution in [0, 0.1) is 12.7 Å². The van der Waals surface area contributed by atoms with Gasteiger partial charge in [0.2, 0.25) is 5.91 Å². The van der Waals surface area contributed by atoms with Gasteiger partial charge in [-0.3, -0.25) is 9.59 Å². The Morgan fingerprint density at radius 1 is 1.14 bits per heavy atom. The second-order valence-electron chi connectivity index (χ2n) is 9.80. The topological polar surface area (TPSA) is 49.9 Å². The van der Waals surface area contributed by atoms with Crippen molar-refractivity contribution in [2.24, 2.45) is 0 Å². The highest BCUT2D eigenvalue weighted by Gasteiger charge is 2.36. The minimum absolute atomic E-state index is 0.0351. The van der Waals surface area contributed by atoms with E-state index in [-0.39, 0.29) is 36.8 Å². The zero-order chi connectivity index (χ0) is 25.2. The van der Waals surface area contributed by atoms with Crippen LogP contribution in [0.1, 0.15) is 53.2 Å². The SMILES string of the molecule is Cc1ccccc1C(=O)N(CC(=O)N1CCc2sccc2[C@@H]1COc1cccc(F)c1)C(C)(C)C. The first kappa shape index (κ1) is 24.9. The van der Waals surface area contributed by atoms with E-state index in [1.807, 2.05) is 57.3 Å². The molecule has 2 aromatic carbocycles. The van der Waals surface area contributed by atoms with Gasteiger partial charge in [0.25, 0.3) is 5.91 Å². The predicted octanol–water partition coefficient (Wildman–Crippen LogP) is 5.64. The van der Waals surface area contributed by atoms with Crippen molar-refractivity contribution in [2.45, 2.75) is 45.7 Å². The van der Waals surface area contributed by atoms with Crippen molar-refractivity contribution >= 4 is 23.2 Å². The summed E-state index contributed by atoms with van der Waals surface area (Å²) in [6.45, 7) is 8.43. The molecule has 7 heteroatoms. The van der Waals surface area contributed by atoms with Gasteiger partial charge in [0.1, 0.15) is 24.7 Å². The number of hydrogen-bond donors (Lipinski definition) is 0. The molecule has 0 bridgehead atoms. The van der Waals surface area contributed by atoms with Crippen LogP contribution in [0.4, 0.5) is 4.39 Å². The lowest BCUT2D eigenvalue weighted by molar-refractivity contribution is -0.136. The smallest absolute Gasteiger partial charge is 0.255 e. The standard InChI is InChI=1S/C28H31FN2O3S/c1-19-8-5-6-11-22(19)27(33)31(28(2,3)4)17-26(32)30-14-12-25-23(13-15-35-25)24(30)18-34-21-10-7-9-20(29)16-21/h5-11,13,15-16,24H,12,14,17-18H2,1-4H3/t24-/m0/s1. The Kier molecular flexibility index (Phi) is 7.26. The molecule has 0 saturated heterocycles. The molecule has 0 N–H and O–H groups in total. The molecule has 0 saturated carbocycles. The van der Waals surface area contributed by atoms with Crippen molar-refractivity contribution in [1.82, 2.24) is 9.80 Å². The van der Waals surface area contributed by atoms with Crippen LogP contribution in [-0.2, 0) is 11.2 Å². The lowest BCUT2D eigenvalue weighted by atomic mass is 9.99. The van der Waals surface area contributed by atoms with Gasteiger partial charge in [0.05, 0.1) is 6.04 Å². The second-order valence-corrected chi connectivity index (χ2v) is 10.8. The summed E-state index contributed by atoms with van der Waals surface area (Å²) in [4.78, 5) is 31.9. The number of benzene rings is 2. The van der Waals surface area contributed by atoms with Crippen molar-refractivity contribution in [2.75, 3.05) is 19.7 Å². The van der Waals surface area contributed by atoms with Crippen LogP contribution in [-0.4, -0.2) is 46.8 Å². The van der Waals surface area contributed by atoms with Crippen LogP contribution in [0.2, 0.25) is 0 Å². The van der Waals surface area contributed by atoms with Crippen LogP contribution in [0.3, 0.4) is 0 Å². The number of nitrogens with zero attached hydrogens (tertiary/aromatic N) is 2. The van der Waals surface area contributed by atoms with Gasteiger partial charge in [0.15, 0.2) is 0 Å². The highest BCUT2D eigenvalue weighted by molar-refractivity contribution is 7.10. The molecule has 2 heterocycles. The molecule has 2 amide bonds. The maximum Gasteiger partial charge on any atom is 0.255 e. The summed E-state index contributed by atoms with van der Waals surface area (Å²) in [5, 5.41) is 2.02. The molecule has 1 atom stereocenters. The average Bonchev–Trinajstić information content (AvgIpc) is 3.29. The molecule has 4 rings (SSSR count). The van der Waals surface area contributed by atoms with Crippen molar-refractivity contribution in [3.8, 4) is 5.75 Å². The van der Waals surface area contributed by atoms with Crippen LogP contribution in [0.5, 0.6) is 5.75 Å². The number of ether oxygens (including phenoxy) is 1. The van der Waals surface area contributed by atoms with Gasteiger partial charge in [-0.25, -0.2) is 4.39 Å². The quantitative estimate of drug-likeness (QED) is 0.446. The van der Waals surface area contributed by atoms with Crippen molar-refractivity contribution < 1.29 is 18.7 Å². The molecule has 1 aliphatic rings. The zero-order valence-electron chi connectivity index (χ0n) is 20.6. The van der Waals surface area contributed by atoms with E-state index >= 15 is 0 Å². The number of carbonyl (C=O) groups is 2. The summed E-state index contributed by atoms with van der Waals surface area (Å²) in [6, 6.07) is 15.2. The Hall–Kier alpha value is -3.19. The molecule has 35 heavy (non-hydrogen) atoms. The number of fused-ring (bicyclic) bond motifs is 1.